The summed E-state index contributed by atoms with van der Waals surface area (Å²) in [6, 6.07) is 8.09. The predicted octanol–water partition coefficient (Wildman–Crippen LogP) is 4.38. The first-order valence-electron chi connectivity index (χ1n) is 6.39. The lowest BCUT2D eigenvalue weighted by molar-refractivity contribution is 0.376. The van der Waals surface area contributed by atoms with Gasteiger partial charge in [-0.05, 0) is 31.5 Å². The molecule has 0 aliphatic rings. The van der Waals surface area contributed by atoms with Gasteiger partial charge in [0.15, 0.2) is 11.0 Å². The van der Waals surface area contributed by atoms with Gasteiger partial charge in [-0.2, -0.15) is 4.98 Å². The van der Waals surface area contributed by atoms with Crippen LogP contribution >= 0.6 is 27.7 Å². The quantitative estimate of drug-likeness (QED) is 0.695. The van der Waals surface area contributed by atoms with Crippen LogP contribution in [-0.2, 0) is 0 Å². The van der Waals surface area contributed by atoms with Crippen LogP contribution in [0.15, 0.2) is 44.6 Å². The van der Waals surface area contributed by atoms with E-state index in [2.05, 4.69) is 36.0 Å². The molecule has 7 heteroatoms. The second-order valence-electron chi connectivity index (χ2n) is 4.55. The number of halogens is 1. The minimum absolute atomic E-state index is 0.0510. The molecule has 3 aromatic rings. The normalized spacial score (nSPS) is 12.5. The molecule has 1 N–H and O–H groups in total. The Morgan fingerprint density at radius 2 is 2.05 bits per heavy atom. The lowest BCUT2D eigenvalue weighted by atomic mass is 10.2. The molecule has 108 valence electrons. The first-order valence-corrected chi connectivity index (χ1v) is 8.07. The molecule has 2 heterocycles. The average molecular weight is 365 g/mol. The summed E-state index contributed by atoms with van der Waals surface area (Å²) in [5.41, 5.74) is 2.08. The summed E-state index contributed by atoms with van der Waals surface area (Å²) in [6.07, 6.45) is 1.83. The summed E-state index contributed by atoms with van der Waals surface area (Å²) in [4.78, 5) is 11.9. The molecular weight excluding hydrogens is 352 g/mol. The summed E-state index contributed by atoms with van der Waals surface area (Å²) < 4.78 is 6.23. The Balaban J connectivity index is 1.74. The Hall–Kier alpha value is -1.60. The zero-order valence-corrected chi connectivity index (χ0v) is 13.9. The molecule has 0 aliphatic carbocycles. The van der Waals surface area contributed by atoms with Crippen molar-refractivity contribution in [3.05, 3.63) is 46.7 Å². The fourth-order valence-corrected chi connectivity index (χ4v) is 2.91. The maximum atomic E-state index is 5.17. The maximum absolute atomic E-state index is 5.17. The number of H-pyrrole nitrogens is 1. The van der Waals surface area contributed by atoms with Gasteiger partial charge in [-0.15, -0.1) is 0 Å². The zero-order chi connectivity index (χ0) is 14.8. The van der Waals surface area contributed by atoms with Gasteiger partial charge in [-0.1, -0.05) is 45.0 Å². The third kappa shape index (κ3) is 3.36. The number of aryl methyl sites for hydroxylation is 1. The van der Waals surface area contributed by atoms with E-state index in [9.17, 15) is 0 Å². The smallest absolute Gasteiger partial charge is 0.239 e. The number of thioether (sulfide) groups is 1. The number of aromatic amines is 1. The van der Waals surface area contributed by atoms with Gasteiger partial charge in [0.05, 0.1) is 17.1 Å². The molecule has 0 bridgehead atoms. The van der Waals surface area contributed by atoms with Crippen molar-refractivity contribution in [3.8, 4) is 11.3 Å². The van der Waals surface area contributed by atoms with Gasteiger partial charge in [-0.25, -0.2) is 4.98 Å². The van der Waals surface area contributed by atoms with Crippen molar-refractivity contribution in [2.24, 2.45) is 0 Å². The Bertz CT molecular complexity index is 738. The molecule has 0 aliphatic heterocycles. The van der Waals surface area contributed by atoms with Crippen LogP contribution in [-0.4, -0.2) is 20.1 Å². The number of nitrogens with zero attached hydrogens (tertiary/aromatic N) is 3. The van der Waals surface area contributed by atoms with Crippen molar-refractivity contribution in [1.29, 1.82) is 0 Å². The van der Waals surface area contributed by atoms with Gasteiger partial charge >= 0.3 is 0 Å². The number of nitrogens with one attached hydrogen (secondary N) is 1. The Kier molecular flexibility index (Phi) is 4.12. The van der Waals surface area contributed by atoms with E-state index in [1.54, 1.807) is 11.8 Å². The molecule has 0 amide bonds. The zero-order valence-electron chi connectivity index (χ0n) is 11.5. The second-order valence-corrected chi connectivity index (χ2v) is 6.79. The molecular formula is C14H13BrN4OS. The summed E-state index contributed by atoms with van der Waals surface area (Å²) in [6.45, 7) is 3.82. The van der Waals surface area contributed by atoms with E-state index >= 15 is 0 Å². The lowest BCUT2D eigenvalue weighted by Crippen LogP contribution is -1.89. The van der Waals surface area contributed by atoms with Crippen LogP contribution in [0.5, 0.6) is 0 Å². The molecule has 1 atom stereocenters. The topological polar surface area (TPSA) is 67.6 Å². The van der Waals surface area contributed by atoms with Crippen LogP contribution < -0.4 is 0 Å². The van der Waals surface area contributed by atoms with E-state index in [1.807, 2.05) is 44.3 Å². The second kappa shape index (κ2) is 6.03. The number of hydrogen-bond donors (Lipinski definition) is 1. The number of benzene rings is 1. The van der Waals surface area contributed by atoms with E-state index in [0.29, 0.717) is 11.7 Å². The number of hydrogen-bond acceptors (Lipinski definition) is 5. The largest absolute Gasteiger partial charge is 0.338 e. The molecule has 0 saturated carbocycles. The minimum Gasteiger partial charge on any atom is -0.338 e. The SMILES string of the molecule is Cc1noc(C(C)Sc2ncc(-c3ccc(Br)cc3)[nH]2)n1. The van der Waals surface area contributed by atoms with Gasteiger partial charge in [0.1, 0.15) is 0 Å². The Labute approximate surface area is 134 Å². The van der Waals surface area contributed by atoms with Crippen molar-refractivity contribution in [2.75, 3.05) is 0 Å². The van der Waals surface area contributed by atoms with Crippen LogP contribution in [0.2, 0.25) is 0 Å². The van der Waals surface area contributed by atoms with Crippen LogP contribution in [0, 0.1) is 6.92 Å². The molecule has 1 unspecified atom stereocenters. The van der Waals surface area contributed by atoms with Crippen LogP contribution in [0.25, 0.3) is 11.3 Å². The van der Waals surface area contributed by atoms with Crippen molar-refractivity contribution >= 4 is 27.7 Å². The highest BCUT2D eigenvalue weighted by atomic mass is 79.9. The third-order valence-corrected chi connectivity index (χ3v) is 4.40. The van der Waals surface area contributed by atoms with E-state index < -0.39 is 0 Å². The van der Waals surface area contributed by atoms with Gasteiger partial charge in [0.2, 0.25) is 5.89 Å². The molecule has 0 saturated heterocycles. The number of aromatic nitrogens is 4. The fourth-order valence-electron chi connectivity index (χ4n) is 1.84. The molecule has 21 heavy (non-hydrogen) atoms. The van der Waals surface area contributed by atoms with Gasteiger partial charge in [-0.3, -0.25) is 0 Å². The summed E-state index contributed by atoms with van der Waals surface area (Å²) in [7, 11) is 0. The van der Waals surface area contributed by atoms with Crippen LogP contribution in [0.1, 0.15) is 23.9 Å². The summed E-state index contributed by atoms with van der Waals surface area (Å²) >= 11 is 4.99. The van der Waals surface area contributed by atoms with E-state index in [0.717, 1.165) is 20.9 Å². The molecule has 5 nitrogen and oxygen atoms in total. The van der Waals surface area contributed by atoms with Crippen molar-refractivity contribution in [1.82, 2.24) is 20.1 Å². The summed E-state index contributed by atoms with van der Waals surface area (Å²) in [5.74, 6) is 1.26. The summed E-state index contributed by atoms with van der Waals surface area (Å²) in [5, 5.41) is 4.69. The first-order chi connectivity index (χ1) is 10.1. The monoisotopic (exact) mass is 364 g/mol. The van der Waals surface area contributed by atoms with Gasteiger partial charge in [0.25, 0.3) is 0 Å². The highest BCUT2D eigenvalue weighted by Gasteiger charge is 2.16. The minimum atomic E-state index is 0.0510. The predicted molar refractivity (Wildman–Crippen MR) is 85.0 cm³/mol. The Morgan fingerprint density at radius 1 is 1.29 bits per heavy atom. The highest BCUT2D eigenvalue weighted by molar-refractivity contribution is 9.10. The van der Waals surface area contributed by atoms with Crippen LogP contribution in [0.3, 0.4) is 0 Å². The molecule has 0 spiro atoms. The Morgan fingerprint density at radius 3 is 2.71 bits per heavy atom. The highest BCUT2D eigenvalue weighted by Crippen LogP contribution is 2.33. The van der Waals surface area contributed by atoms with E-state index in [-0.39, 0.29) is 5.25 Å². The van der Waals surface area contributed by atoms with E-state index in [4.69, 9.17) is 4.52 Å². The number of rotatable bonds is 4. The molecule has 0 radical (unpaired) electrons. The average Bonchev–Trinajstić information content (AvgIpc) is 3.09. The molecule has 0 fully saturated rings. The fraction of sp³-hybridized carbons (Fsp3) is 0.214. The van der Waals surface area contributed by atoms with Crippen molar-refractivity contribution in [2.45, 2.75) is 24.3 Å². The maximum Gasteiger partial charge on any atom is 0.239 e. The lowest BCUT2D eigenvalue weighted by Gasteiger charge is -2.02. The van der Waals surface area contributed by atoms with Crippen molar-refractivity contribution in [3.63, 3.8) is 0 Å². The standard InChI is InChI=1S/C14H13BrN4OS/c1-8(13-17-9(2)19-20-13)21-14-16-7-12(18-14)10-3-5-11(15)6-4-10/h3-8H,1-2H3,(H,16,18). The van der Waals surface area contributed by atoms with Gasteiger partial charge in [0, 0.05) is 4.47 Å². The van der Waals surface area contributed by atoms with E-state index in [1.165, 1.54) is 0 Å². The van der Waals surface area contributed by atoms with Crippen LogP contribution in [0.4, 0.5) is 0 Å². The molecule has 3 rings (SSSR count). The third-order valence-electron chi connectivity index (χ3n) is 2.89. The van der Waals surface area contributed by atoms with Crippen molar-refractivity contribution < 1.29 is 4.52 Å². The molecule has 1 aromatic carbocycles. The van der Waals surface area contributed by atoms with Gasteiger partial charge < -0.3 is 9.51 Å². The number of imidazole rings is 1. The first kappa shape index (κ1) is 14.3. The molecule has 2 aromatic heterocycles.